The van der Waals surface area contributed by atoms with Gasteiger partial charge < -0.3 is 33.8 Å². The zero-order valence-corrected chi connectivity index (χ0v) is 4.75. The van der Waals surface area contributed by atoms with E-state index >= 15 is 0 Å². The van der Waals surface area contributed by atoms with Gasteiger partial charge in [0.1, 0.15) is 0 Å². The van der Waals surface area contributed by atoms with Crippen molar-refractivity contribution in [3.05, 3.63) is 0 Å². The van der Waals surface area contributed by atoms with Gasteiger partial charge in [0.2, 0.25) is 0 Å². The Hall–Kier alpha value is -0.0852. The molecule has 0 aromatic rings. The van der Waals surface area contributed by atoms with Gasteiger partial charge in [-0.1, -0.05) is 0 Å². The zero-order valence-electron chi connectivity index (χ0n) is 4.75. The Morgan fingerprint density at radius 3 is 1.70 bits per heavy atom. The Bertz CT molecular complexity index is 110. The van der Waals surface area contributed by atoms with Crippen LogP contribution in [0.5, 0.6) is 0 Å². The third kappa shape index (κ3) is 1.95. The molecule has 0 saturated carbocycles. The van der Waals surface area contributed by atoms with Gasteiger partial charge in [-0.3, -0.25) is 0 Å². The molecule has 0 aromatic carbocycles. The fourth-order valence-electron chi connectivity index (χ4n) is 0.499. The molecule has 7 nitrogen and oxygen atoms in total. The molecule has 0 unspecified atom stereocenters. The van der Waals surface area contributed by atoms with E-state index in [-0.39, 0.29) is 0 Å². The maximum atomic E-state index is 8.49. The van der Waals surface area contributed by atoms with Gasteiger partial charge in [-0.15, -0.1) is 0 Å². The predicted molar refractivity (Wildman–Crippen MR) is 29.4 cm³/mol. The minimum absolute atomic E-state index is 1.89. The van der Waals surface area contributed by atoms with Gasteiger partial charge in [-0.25, -0.2) is 0 Å². The lowest BCUT2D eigenvalue weighted by atomic mass is 9.92. The second-order valence-corrected chi connectivity index (χ2v) is 1.66. The average molecular weight is 148 g/mol. The normalized spacial score (nSPS) is 25.2. The van der Waals surface area contributed by atoms with E-state index in [2.05, 4.69) is 13.7 Å². The van der Waals surface area contributed by atoms with Gasteiger partial charge in [-0.05, 0) is 0 Å². The fraction of sp³-hybridized carbons (Fsp3) is 0. The van der Waals surface area contributed by atoms with Crippen molar-refractivity contribution >= 4 is 21.6 Å². The molecule has 1 saturated heterocycles. The van der Waals surface area contributed by atoms with Crippen molar-refractivity contribution in [2.24, 2.45) is 0 Å². The standard InChI is InChI=1S/B3H4O7/c4-1-8-2(5)10-3(6,7)9-1/h4-7H/q-1. The van der Waals surface area contributed by atoms with Crippen LogP contribution in [0.2, 0.25) is 0 Å². The van der Waals surface area contributed by atoms with Crippen LogP contribution in [0.25, 0.3) is 0 Å². The third-order valence-corrected chi connectivity index (χ3v) is 0.820. The van der Waals surface area contributed by atoms with Crippen LogP contribution in [-0.2, 0) is 13.7 Å². The second-order valence-electron chi connectivity index (χ2n) is 1.66. The summed E-state index contributed by atoms with van der Waals surface area (Å²) in [4.78, 5) is 0. The van der Waals surface area contributed by atoms with E-state index in [0.29, 0.717) is 0 Å². The second kappa shape index (κ2) is 2.51. The van der Waals surface area contributed by atoms with Crippen LogP contribution in [0.3, 0.4) is 0 Å². The average Bonchev–Trinajstić information content (AvgIpc) is 1.54. The SMILES string of the molecule is OB1OB(O)O[B-](O)(O)O1. The fourth-order valence-corrected chi connectivity index (χ4v) is 0.499. The minimum atomic E-state index is -3.61. The number of hydrogen-bond acceptors (Lipinski definition) is 7. The topological polar surface area (TPSA) is 109 Å². The van der Waals surface area contributed by atoms with Gasteiger partial charge in [0.25, 0.3) is 0 Å². The molecular formula is H4B3O7-. The highest BCUT2D eigenvalue weighted by Crippen LogP contribution is 2.08. The van der Waals surface area contributed by atoms with E-state index in [4.69, 9.17) is 20.1 Å². The Labute approximate surface area is 56.5 Å². The highest BCUT2D eigenvalue weighted by molar-refractivity contribution is 6.71. The van der Waals surface area contributed by atoms with Crippen LogP contribution < -0.4 is 0 Å². The summed E-state index contributed by atoms with van der Waals surface area (Å²) < 4.78 is 11.7. The van der Waals surface area contributed by atoms with E-state index in [1.54, 1.807) is 0 Å². The van der Waals surface area contributed by atoms with Gasteiger partial charge >= 0.3 is 21.6 Å². The van der Waals surface area contributed by atoms with Crippen molar-refractivity contribution in [1.82, 2.24) is 0 Å². The first-order valence-corrected chi connectivity index (χ1v) is 2.45. The van der Waals surface area contributed by atoms with Crippen molar-refractivity contribution in [2.75, 3.05) is 0 Å². The minimum Gasteiger partial charge on any atom is -0.538 e. The van der Waals surface area contributed by atoms with Crippen molar-refractivity contribution in [2.45, 2.75) is 0 Å². The molecule has 0 radical (unpaired) electrons. The number of rotatable bonds is 0. The molecule has 0 aromatic heterocycles. The first-order valence-electron chi connectivity index (χ1n) is 2.45. The summed E-state index contributed by atoms with van der Waals surface area (Å²) in [6, 6.07) is 0. The Balaban J connectivity index is 2.51. The summed E-state index contributed by atoms with van der Waals surface area (Å²) in [6.45, 7) is -3.61. The molecule has 1 heterocycles. The third-order valence-electron chi connectivity index (χ3n) is 0.820. The van der Waals surface area contributed by atoms with Crippen LogP contribution in [0.1, 0.15) is 0 Å². The van der Waals surface area contributed by atoms with E-state index in [1.165, 1.54) is 0 Å². The van der Waals surface area contributed by atoms with Crippen molar-refractivity contribution in [3.8, 4) is 0 Å². The molecule has 0 bridgehead atoms. The lowest BCUT2D eigenvalue weighted by molar-refractivity contribution is 0.0500. The molecule has 56 valence electrons. The molecule has 1 rings (SSSR count). The van der Waals surface area contributed by atoms with Crippen LogP contribution >= 0.6 is 0 Å². The maximum Gasteiger partial charge on any atom is 0.583 e. The molecule has 1 fully saturated rings. The molecule has 0 aliphatic carbocycles. The van der Waals surface area contributed by atoms with E-state index in [1.807, 2.05) is 0 Å². The summed E-state index contributed by atoms with van der Waals surface area (Å²) >= 11 is 0. The molecule has 0 atom stereocenters. The summed E-state index contributed by atoms with van der Waals surface area (Å²) in [5.41, 5.74) is 0. The van der Waals surface area contributed by atoms with Crippen molar-refractivity contribution in [1.29, 1.82) is 0 Å². The van der Waals surface area contributed by atoms with Gasteiger partial charge in [-0.2, -0.15) is 0 Å². The maximum absolute atomic E-state index is 8.49. The highest BCUT2D eigenvalue weighted by Gasteiger charge is 2.41. The molecule has 4 N–H and O–H groups in total. The van der Waals surface area contributed by atoms with Crippen LogP contribution in [0.4, 0.5) is 0 Å². The molecule has 1 aliphatic rings. The lowest BCUT2D eigenvalue weighted by Gasteiger charge is -2.36. The van der Waals surface area contributed by atoms with Gasteiger partial charge in [0.05, 0.1) is 0 Å². The van der Waals surface area contributed by atoms with E-state index in [9.17, 15) is 0 Å². The van der Waals surface area contributed by atoms with E-state index < -0.39 is 21.6 Å². The lowest BCUT2D eigenvalue weighted by Crippen LogP contribution is -2.59. The van der Waals surface area contributed by atoms with Crippen LogP contribution in [0.15, 0.2) is 0 Å². The molecule has 0 spiro atoms. The smallest absolute Gasteiger partial charge is 0.538 e. The zero-order chi connectivity index (χ0) is 7.78. The Morgan fingerprint density at radius 2 is 1.40 bits per heavy atom. The molecule has 1 aliphatic heterocycles. The van der Waals surface area contributed by atoms with Crippen LogP contribution in [0, 0.1) is 0 Å². The Kier molecular flexibility index (Phi) is 2.01. The summed E-state index contributed by atoms with van der Waals surface area (Å²) in [7, 11) is -3.78. The molecule has 10 heteroatoms. The van der Waals surface area contributed by atoms with E-state index in [0.717, 1.165) is 0 Å². The van der Waals surface area contributed by atoms with Gasteiger partial charge in [0, 0.05) is 0 Å². The Morgan fingerprint density at radius 1 is 1.00 bits per heavy atom. The largest absolute Gasteiger partial charge is 0.583 e. The van der Waals surface area contributed by atoms with Crippen molar-refractivity contribution in [3.63, 3.8) is 0 Å². The summed E-state index contributed by atoms with van der Waals surface area (Å²) in [5, 5.41) is 33.8. The molecule has 0 amide bonds. The first kappa shape index (κ1) is 8.02. The monoisotopic (exact) mass is 149 g/mol. The highest BCUT2D eigenvalue weighted by atomic mass is 16.9. The number of hydrogen-bond donors (Lipinski definition) is 4. The first-order chi connectivity index (χ1) is 4.49. The van der Waals surface area contributed by atoms with Crippen molar-refractivity contribution < 1.29 is 33.8 Å². The predicted octanol–water partition coefficient (Wildman–Crippen LogP) is -3.58. The van der Waals surface area contributed by atoms with Gasteiger partial charge in [0.15, 0.2) is 0 Å². The molecule has 10 heavy (non-hydrogen) atoms. The molecular weight excluding hydrogens is 144 g/mol. The summed E-state index contributed by atoms with van der Waals surface area (Å²) in [5.74, 6) is 0. The summed E-state index contributed by atoms with van der Waals surface area (Å²) in [6.07, 6.45) is 0. The van der Waals surface area contributed by atoms with Crippen LogP contribution in [-0.4, -0.2) is 41.7 Å². The quantitative estimate of drug-likeness (QED) is 0.263.